The van der Waals surface area contributed by atoms with E-state index in [0.717, 1.165) is 56.2 Å². The van der Waals surface area contributed by atoms with Crippen LogP contribution >= 0.6 is 11.8 Å². The van der Waals surface area contributed by atoms with Crippen LogP contribution in [0.1, 0.15) is 30.1 Å². The van der Waals surface area contributed by atoms with E-state index in [-0.39, 0.29) is 5.91 Å². The third-order valence-electron chi connectivity index (χ3n) is 3.77. The van der Waals surface area contributed by atoms with Gasteiger partial charge in [-0.15, -0.1) is 0 Å². The molecular formula is C13H20N4OS. The van der Waals surface area contributed by atoms with Crippen molar-refractivity contribution in [3.63, 3.8) is 0 Å². The van der Waals surface area contributed by atoms with Crippen molar-refractivity contribution in [2.45, 2.75) is 31.6 Å². The maximum absolute atomic E-state index is 12.6. The predicted molar refractivity (Wildman–Crippen MR) is 77.8 cm³/mol. The van der Waals surface area contributed by atoms with Gasteiger partial charge < -0.3 is 10.2 Å². The zero-order chi connectivity index (χ0) is 13.2. The molecule has 6 heteroatoms. The molecule has 5 nitrogen and oxygen atoms in total. The number of aryl methyl sites for hydroxylation is 1. The van der Waals surface area contributed by atoms with Crippen LogP contribution < -0.4 is 5.32 Å². The highest BCUT2D eigenvalue weighted by atomic mass is 32.2. The Morgan fingerprint density at radius 2 is 2.37 bits per heavy atom. The molecule has 0 bridgehead atoms. The first kappa shape index (κ1) is 12.8. The molecule has 2 aliphatic heterocycles. The van der Waals surface area contributed by atoms with Gasteiger partial charge in [0, 0.05) is 37.2 Å². The molecule has 0 aliphatic carbocycles. The van der Waals surface area contributed by atoms with Crippen molar-refractivity contribution >= 4 is 23.5 Å². The van der Waals surface area contributed by atoms with Crippen molar-refractivity contribution in [2.75, 3.05) is 30.7 Å². The quantitative estimate of drug-likeness (QED) is 0.850. The van der Waals surface area contributed by atoms with Gasteiger partial charge in [-0.2, -0.15) is 16.9 Å². The Balaban J connectivity index is 1.78. The topological polar surface area (TPSA) is 50.2 Å². The van der Waals surface area contributed by atoms with Gasteiger partial charge in [0.2, 0.25) is 0 Å². The number of carbonyl (C=O) groups excluding carboxylic acids is 1. The van der Waals surface area contributed by atoms with E-state index in [1.54, 1.807) is 6.20 Å². The van der Waals surface area contributed by atoms with E-state index in [4.69, 9.17) is 0 Å². The maximum atomic E-state index is 12.6. The molecule has 1 amide bonds. The van der Waals surface area contributed by atoms with Crippen LogP contribution in [0.3, 0.4) is 0 Å². The lowest BCUT2D eigenvalue weighted by molar-refractivity contribution is 0.0768. The lowest BCUT2D eigenvalue weighted by Gasteiger charge is -2.22. The van der Waals surface area contributed by atoms with Gasteiger partial charge in [-0.25, -0.2) is 4.68 Å². The molecule has 1 fully saturated rings. The fourth-order valence-corrected chi connectivity index (χ4v) is 3.60. The molecule has 1 aromatic rings. The summed E-state index contributed by atoms with van der Waals surface area (Å²) in [5, 5.41) is 8.27. The number of carbonyl (C=O) groups is 1. The standard InChI is InChI=1S/C13H20N4OS/c1-10-3-6-16(7-8-19-10)13(18)11-9-15-17-5-2-4-14-12(11)17/h9-10,14H,2-8H2,1H3. The average molecular weight is 280 g/mol. The smallest absolute Gasteiger partial charge is 0.259 e. The first-order valence-electron chi connectivity index (χ1n) is 6.96. The molecular weight excluding hydrogens is 260 g/mol. The predicted octanol–water partition coefficient (Wildman–Crippen LogP) is 1.67. The van der Waals surface area contributed by atoms with Gasteiger partial charge in [-0.1, -0.05) is 6.92 Å². The summed E-state index contributed by atoms with van der Waals surface area (Å²) in [6.07, 6.45) is 3.87. The van der Waals surface area contributed by atoms with Gasteiger partial charge in [0.05, 0.1) is 6.20 Å². The molecule has 0 radical (unpaired) electrons. The van der Waals surface area contributed by atoms with Crippen LogP contribution in [-0.2, 0) is 6.54 Å². The monoisotopic (exact) mass is 280 g/mol. The minimum Gasteiger partial charge on any atom is -0.370 e. The van der Waals surface area contributed by atoms with Crippen LogP contribution in [0.25, 0.3) is 0 Å². The van der Waals surface area contributed by atoms with Gasteiger partial charge in [0.1, 0.15) is 11.4 Å². The molecule has 19 heavy (non-hydrogen) atoms. The lowest BCUT2D eigenvalue weighted by Crippen LogP contribution is -2.33. The number of fused-ring (bicyclic) bond motifs is 1. The maximum Gasteiger partial charge on any atom is 0.259 e. The number of nitrogens with one attached hydrogen (secondary N) is 1. The first-order chi connectivity index (χ1) is 9.25. The number of rotatable bonds is 1. The summed E-state index contributed by atoms with van der Waals surface area (Å²) in [6.45, 7) is 5.78. The minimum atomic E-state index is 0.130. The second-order valence-electron chi connectivity index (χ2n) is 5.17. The number of thioether (sulfide) groups is 1. The van der Waals surface area contributed by atoms with E-state index in [2.05, 4.69) is 17.3 Å². The van der Waals surface area contributed by atoms with Crippen LogP contribution in [-0.4, -0.2) is 51.2 Å². The largest absolute Gasteiger partial charge is 0.370 e. The summed E-state index contributed by atoms with van der Waals surface area (Å²) in [6, 6.07) is 0. The Morgan fingerprint density at radius 3 is 3.26 bits per heavy atom. The normalized spacial score (nSPS) is 23.4. The summed E-state index contributed by atoms with van der Waals surface area (Å²) in [5.41, 5.74) is 0.735. The van der Waals surface area contributed by atoms with Crippen LogP contribution in [0.4, 0.5) is 5.82 Å². The number of hydrogen-bond donors (Lipinski definition) is 1. The van der Waals surface area contributed by atoms with E-state index in [9.17, 15) is 4.79 Å². The van der Waals surface area contributed by atoms with Crippen molar-refractivity contribution in [3.05, 3.63) is 11.8 Å². The van der Waals surface area contributed by atoms with E-state index < -0.39 is 0 Å². The van der Waals surface area contributed by atoms with Crippen molar-refractivity contribution in [2.24, 2.45) is 0 Å². The minimum absolute atomic E-state index is 0.130. The van der Waals surface area contributed by atoms with Crippen LogP contribution in [0.15, 0.2) is 6.20 Å². The fraction of sp³-hybridized carbons (Fsp3) is 0.692. The molecule has 1 aromatic heterocycles. The third kappa shape index (κ3) is 2.59. The number of anilines is 1. The van der Waals surface area contributed by atoms with Crippen molar-refractivity contribution in [1.29, 1.82) is 0 Å². The molecule has 3 heterocycles. The molecule has 3 rings (SSSR count). The molecule has 1 atom stereocenters. The number of aromatic nitrogens is 2. The summed E-state index contributed by atoms with van der Waals surface area (Å²) < 4.78 is 1.91. The first-order valence-corrected chi connectivity index (χ1v) is 8.01. The van der Waals surface area contributed by atoms with Crippen LogP contribution in [0.5, 0.6) is 0 Å². The Hall–Kier alpha value is -1.17. The van der Waals surface area contributed by atoms with E-state index in [0.29, 0.717) is 5.25 Å². The highest BCUT2D eigenvalue weighted by molar-refractivity contribution is 7.99. The number of nitrogens with zero attached hydrogens (tertiary/aromatic N) is 3. The Bertz CT molecular complexity index is 473. The molecule has 0 aromatic carbocycles. The van der Waals surface area contributed by atoms with Gasteiger partial charge in [-0.05, 0) is 12.8 Å². The molecule has 1 N–H and O–H groups in total. The zero-order valence-corrected chi connectivity index (χ0v) is 12.1. The highest BCUT2D eigenvalue weighted by Crippen LogP contribution is 2.24. The van der Waals surface area contributed by atoms with E-state index >= 15 is 0 Å². The highest BCUT2D eigenvalue weighted by Gasteiger charge is 2.25. The number of hydrogen-bond acceptors (Lipinski definition) is 4. The second-order valence-corrected chi connectivity index (χ2v) is 6.72. The molecule has 1 unspecified atom stereocenters. The van der Waals surface area contributed by atoms with Crippen LogP contribution in [0, 0.1) is 0 Å². The third-order valence-corrected chi connectivity index (χ3v) is 4.99. The van der Waals surface area contributed by atoms with Crippen molar-refractivity contribution < 1.29 is 4.79 Å². The molecule has 0 spiro atoms. The van der Waals surface area contributed by atoms with E-state index in [1.165, 1.54) is 0 Å². The van der Waals surface area contributed by atoms with Gasteiger partial charge in [0.25, 0.3) is 5.91 Å². The zero-order valence-electron chi connectivity index (χ0n) is 11.3. The fourth-order valence-electron chi connectivity index (χ4n) is 2.60. The van der Waals surface area contributed by atoms with Crippen molar-refractivity contribution in [1.82, 2.24) is 14.7 Å². The molecule has 104 valence electrons. The Morgan fingerprint density at radius 1 is 1.47 bits per heavy atom. The van der Waals surface area contributed by atoms with Gasteiger partial charge in [-0.3, -0.25) is 4.79 Å². The lowest BCUT2D eigenvalue weighted by atomic mass is 10.2. The molecule has 2 aliphatic rings. The van der Waals surface area contributed by atoms with Crippen molar-refractivity contribution in [3.8, 4) is 0 Å². The summed E-state index contributed by atoms with van der Waals surface area (Å²) >= 11 is 1.96. The molecule has 1 saturated heterocycles. The second kappa shape index (κ2) is 5.45. The average Bonchev–Trinajstić information content (AvgIpc) is 2.74. The summed E-state index contributed by atoms with van der Waals surface area (Å²) in [5.74, 6) is 2.07. The molecule has 0 saturated carbocycles. The van der Waals surface area contributed by atoms with E-state index in [1.807, 2.05) is 21.3 Å². The van der Waals surface area contributed by atoms with Crippen LogP contribution in [0.2, 0.25) is 0 Å². The SMILES string of the molecule is CC1CCN(C(=O)c2cnn3c2NCCC3)CCS1. The van der Waals surface area contributed by atoms with Gasteiger partial charge >= 0.3 is 0 Å². The van der Waals surface area contributed by atoms with Gasteiger partial charge in [0.15, 0.2) is 0 Å². The Kier molecular flexibility index (Phi) is 3.68. The Labute approximate surface area is 117 Å². The summed E-state index contributed by atoms with van der Waals surface area (Å²) in [4.78, 5) is 14.6. The number of amides is 1. The summed E-state index contributed by atoms with van der Waals surface area (Å²) in [7, 11) is 0.